The molecule has 10 heteroatoms. The van der Waals surface area contributed by atoms with Gasteiger partial charge in [0, 0.05) is 22.2 Å². The standard InChI is InChI=1S/C21H14Br2Cl2N2O4/c1-2-5-27-20(29)14(19(28)26-21(27)30)6-11-7-15(22)18(16(23)8-11)31-10-12-3-4-13(24)9-17(12)25/h2-4,6-9H,1,5,10H2,(H,26,28,30). The Morgan fingerprint density at radius 3 is 2.39 bits per heavy atom. The Morgan fingerprint density at radius 2 is 1.77 bits per heavy atom. The summed E-state index contributed by atoms with van der Waals surface area (Å²) in [5.74, 6) is -0.949. The average molecular weight is 589 g/mol. The summed E-state index contributed by atoms with van der Waals surface area (Å²) in [6, 6.07) is 7.72. The molecule has 1 heterocycles. The summed E-state index contributed by atoms with van der Waals surface area (Å²) in [6.45, 7) is 3.70. The molecule has 6 nitrogen and oxygen atoms in total. The first kappa shape index (κ1) is 23.5. The Balaban J connectivity index is 1.85. The molecule has 2 aromatic carbocycles. The zero-order valence-electron chi connectivity index (χ0n) is 15.8. The molecule has 0 unspecified atom stereocenters. The zero-order valence-corrected chi connectivity index (χ0v) is 20.4. The predicted molar refractivity (Wildman–Crippen MR) is 126 cm³/mol. The highest BCUT2D eigenvalue weighted by Gasteiger charge is 2.34. The molecule has 0 spiro atoms. The number of amides is 4. The van der Waals surface area contributed by atoms with Gasteiger partial charge in [-0.05, 0) is 67.8 Å². The maximum absolute atomic E-state index is 12.6. The third kappa shape index (κ3) is 5.38. The van der Waals surface area contributed by atoms with E-state index in [1.54, 1.807) is 30.3 Å². The molecule has 0 aliphatic carbocycles. The SMILES string of the molecule is C=CCN1C(=O)NC(=O)C(=Cc2cc(Br)c(OCc3ccc(Cl)cc3Cl)c(Br)c2)C1=O. The lowest BCUT2D eigenvalue weighted by molar-refractivity contribution is -0.129. The number of nitrogens with one attached hydrogen (secondary N) is 1. The first-order valence-electron chi connectivity index (χ1n) is 8.76. The maximum Gasteiger partial charge on any atom is 0.331 e. The Bertz CT molecular complexity index is 1110. The molecule has 160 valence electrons. The van der Waals surface area contributed by atoms with E-state index in [0.29, 0.717) is 30.3 Å². The second kappa shape index (κ2) is 9.99. The number of ether oxygens (including phenoxy) is 1. The molecule has 3 rings (SSSR count). The van der Waals surface area contributed by atoms with E-state index in [4.69, 9.17) is 27.9 Å². The van der Waals surface area contributed by atoms with Gasteiger partial charge in [0.05, 0.1) is 8.95 Å². The molecule has 0 radical (unpaired) electrons. The minimum Gasteiger partial charge on any atom is -0.486 e. The number of rotatable bonds is 6. The van der Waals surface area contributed by atoms with Crippen LogP contribution in [0.2, 0.25) is 10.0 Å². The first-order chi connectivity index (χ1) is 14.7. The molecule has 0 saturated carbocycles. The third-order valence-corrected chi connectivity index (χ3v) is 5.98. The fourth-order valence-electron chi connectivity index (χ4n) is 2.74. The van der Waals surface area contributed by atoms with E-state index >= 15 is 0 Å². The van der Waals surface area contributed by atoms with Crippen molar-refractivity contribution < 1.29 is 19.1 Å². The summed E-state index contributed by atoms with van der Waals surface area (Å²) in [4.78, 5) is 37.5. The molecule has 0 atom stereocenters. The van der Waals surface area contributed by atoms with E-state index in [0.717, 1.165) is 10.5 Å². The van der Waals surface area contributed by atoms with E-state index < -0.39 is 17.8 Å². The molecule has 1 aliphatic rings. The number of benzene rings is 2. The molecule has 0 bridgehead atoms. The van der Waals surface area contributed by atoms with Crippen molar-refractivity contribution in [3.8, 4) is 5.75 Å². The Morgan fingerprint density at radius 1 is 1.10 bits per heavy atom. The lowest BCUT2D eigenvalue weighted by Gasteiger charge is -2.25. The van der Waals surface area contributed by atoms with Crippen molar-refractivity contribution in [1.82, 2.24) is 10.2 Å². The van der Waals surface area contributed by atoms with Crippen LogP contribution in [0.1, 0.15) is 11.1 Å². The highest BCUT2D eigenvalue weighted by Crippen LogP contribution is 2.36. The van der Waals surface area contributed by atoms with Gasteiger partial charge in [-0.2, -0.15) is 0 Å². The number of nitrogens with zero attached hydrogens (tertiary/aromatic N) is 1. The van der Waals surface area contributed by atoms with Gasteiger partial charge < -0.3 is 4.74 Å². The third-order valence-electron chi connectivity index (χ3n) is 4.22. The van der Waals surface area contributed by atoms with E-state index in [9.17, 15) is 14.4 Å². The summed E-state index contributed by atoms with van der Waals surface area (Å²) in [6.07, 6.45) is 2.80. The number of urea groups is 1. The number of halogens is 4. The van der Waals surface area contributed by atoms with Crippen molar-refractivity contribution in [2.45, 2.75) is 6.61 Å². The second-order valence-electron chi connectivity index (χ2n) is 6.36. The topological polar surface area (TPSA) is 75.7 Å². The molecular weight excluding hydrogens is 575 g/mol. The number of barbiturate groups is 1. The number of hydrogen-bond donors (Lipinski definition) is 1. The zero-order chi connectivity index (χ0) is 22.7. The van der Waals surface area contributed by atoms with Crippen LogP contribution in [0.4, 0.5) is 4.79 Å². The Labute approximate surface area is 205 Å². The van der Waals surface area contributed by atoms with Crippen LogP contribution in [0.3, 0.4) is 0 Å². The quantitative estimate of drug-likeness (QED) is 0.265. The summed E-state index contributed by atoms with van der Waals surface area (Å²) in [5.41, 5.74) is 1.14. The molecule has 31 heavy (non-hydrogen) atoms. The Hall–Kier alpha value is -2.13. The molecule has 0 aromatic heterocycles. The van der Waals surface area contributed by atoms with Crippen molar-refractivity contribution in [3.63, 3.8) is 0 Å². The van der Waals surface area contributed by atoms with E-state index in [1.165, 1.54) is 12.2 Å². The number of imide groups is 2. The van der Waals surface area contributed by atoms with Crippen LogP contribution in [0.15, 0.2) is 57.5 Å². The summed E-state index contributed by atoms with van der Waals surface area (Å²) >= 11 is 19.0. The second-order valence-corrected chi connectivity index (χ2v) is 8.91. The van der Waals surface area contributed by atoms with Gasteiger partial charge in [-0.1, -0.05) is 35.3 Å². The van der Waals surface area contributed by atoms with Crippen molar-refractivity contribution in [2.75, 3.05) is 6.54 Å². The number of hydrogen-bond acceptors (Lipinski definition) is 4. The van der Waals surface area contributed by atoms with E-state index in [1.807, 2.05) is 0 Å². The molecule has 4 amide bonds. The molecule has 1 saturated heterocycles. The Kier molecular flexibility index (Phi) is 7.59. The molecule has 1 fully saturated rings. The normalized spacial score (nSPS) is 15.3. The van der Waals surface area contributed by atoms with Crippen molar-refractivity contribution in [2.24, 2.45) is 0 Å². The first-order valence-corrected chi connectivity index (χ1v) is 11.1. The van der Waals surface area contributed by atoms with Gasteiger partial charge in [-0.25, -0.2) is 4.79 Å². The molecule has 1 N–H and O–H groups in total. The number of carbonyl (C=O) groups excluding carboxylic acids is 3. The minimum atomic E-state index is -0.779. The van der Waals surface area contributed by atoms with Crippen LogP contribution in [-0.4, -0.2) is 29.3 Å². The average Bonchev–Trinajstić information content (AvgIpc) is 2.69. The van der Waals surface area contributed by atoms with Crippen molar-refractivity contribution in [1.29, 1.82) is 0 Å². The van der Waals surface area contributed by atoms with Crippen LogP contribution in [0.5, 0.6) is 5.75 Å². The van der Waals surface area contributed by atoms with Crippen LogP contribution >= 0.6 is 55.1 Å². The smallest absolute Gasteiger partial charge is 0.331 e. The van der Waals surface area contributed by atoms with Crippen molar-refractivity contribution in [3.05, 3.63) is 78.7 Å². The molecular formula is C21H14Br2Cl2N2O4. The van der Waals surface area contributed by atoms with Gasteiger partial charge in [0.1, 0.15) is 17.9 Å². The number of carbonyl (C=O) groups is 3. The molecule has 1 aliphatic heterocycles. The largest absolute Gasteiger partial charge is 0.486 e. The van der Waals surface area contributed by atoms with E-state index in [2.05, 4.69) is 43.8 Å². The van der Waals surface area contributed by atoms with E-state index in [-0.39, 0.29) is 18.7 Å². The highest BCUT2D eigenvalue weighted by molar-refractivity contribution is 9.11. The highest BCUT2D eigenvalue weighted by atomic mass is 79.9. The van der Waals surface area contributed by atoms with Gasteiger partial charge in [-0.3, -0.25) is 19.8 Å². The molecule has 2 aromatic rings. The van der Waals surface area contributed by atoms with Crippen molar-refractivity contribution >= 4 is 79.0 Å². The lowest BCUT2D eigenvalue weighted by atomic mass is 10.1. The van der Waals surface area contributed by atoms with Gasteiger partial charge in [0.2, 0.25) is 0 Å². The summed E-state index contributed by atoms with van der Waals surface area (Å²) < 4.78 is 7.04. The maximum atomic E-state index is 12.6. The minimum absolute atomic E-state index is 0.0112. The van der Waals surface area contributed by atoms with Crippen LogP contribution in [0.25, 0.3) is 6.08 Å². The van der Waals surface area contributed by atoms with Gasteiger partial charge in [-0.15, -0.1) is 6.58 Å². The van der Waals surface area contributed by atoms with Crippen LogP contribution in [-0.2, 0) is 16.2 Å². The van der Waals surface area contributed by atoms with Gasteiger partial charge in [0.25, 0.3) is 11.8 Å². The summed E-state index contributed by atoms with van der Waals surface area (Å²) in [7, 11) is 0. The monoisotopic (exact) mass is 586 g/mol. The van der Waals surface area contributed by atoms with Gasteiger partial charge >= 0.3 is 6.03 Å². The van der Waals surface area contributed by atoms with Crippen LogP contribution < -0.4 is 10.1 Å². The van der Waals surface area contributed by atoms with Gasteiger partial charge in [0.15, 0.2) is 0 Å². The fraction of sp³-hybridized carbons (Fsp3) is 0.0952. The summed E-state index contributed by atoms with van der Waals surface area (Å²) in [5, 5.41) is 3.16. The van der Waals surface area contributed by atoms with Crippen LogP contribution in [0, 0.1) is 0 Å². The predicted octanol–water partition coefficient (Wildman–Crippen LogP) is 5.75. The lowest BCUT2D eigenvalue weighted by Crippen LogP contribution is -2.54. The fourth-order valence-corrected chi connectivity index (χ4v) is 4.66.